The number of hydrogen-bond acceptors (Lipinski definition) is 3. The summed E-state index contributed by atoms with van der Waals surface area (Å²) in [4.78, 5) is 12.5. The van der Waals surface area contributed by atoms with Crippen LogP contribution >= 0.6 is 11.6 Å². The van der Waals surface area contributed by atoms with E-state index < -0.39 is 6.10 Å². The second-order valence-electron chi connectivity index (χ2n) is 6.23. The maximum atomic E-state index is 12.5. The summed E-state index contributed by atoms with van der Waals surface area (Å²) in [6.07, 6.45) is 4.02. The van der Waals surface area contributed by atoms with Crippen LogP contribution in [0, 0.1) is 0 Å². The number of benzene rings is 2. The van der Waals surface area contributed by atoms with Gasteiger partial charge in [-0.05, 0) is 74.1 Å². The van der Waals surface area contributed by atoms with Crippen molar-refractivity contribution in [1.29, 1.82) is 0 Å². The zero-order chi connectivity index (χ0) is 17.8. The third-order valence-electron chi connectivity index (χ3n) is 4.42. The first-order valence-electron chi connectivity index (χ1n) is 8.49. The second kappa shape index (κ2) is 7.79. The first-order chi connectivity index (χ1) is 12.1. The summed E-state index contributed by atoms with van der Waals surface area (Å²) in [7, 11) is 1.55. The number of nitrogens with one attached hydrogen (secondary N) is 1. The van der Waals surface area contributed by atoms with Crippen LogP contribution < -0.4 is 14.8 Å². The Hall–Kier alpha value is -2.20. The summed E-state index contributed by atoms with van der Waals surface area (Å²) in [6.45, 7) is 1.73. The average Bonchev–Trinajstić information content (AvgIpc) is 2.61. The molecule has 0 aromatic heterocycles. The molecule has 132 valence electrons. The molecule has 0 saturated heterocycles. The average molecular weight is 360 g/mol. The van der Waals surface area contributed by atoms with E-state index in [0.29, 0.717) is 16.5 Å². The lowest BCUT2D eigenvalue weighted by Gasteiger charge is -2.19. The highest BCUT2D eigenvalue weighted by molar-refractivity contribution is 6.31. The standard InChI is InChI=1S/C20H22ClNO3/c1-13(20(23)22-18-12-16(21)8-10-19(18)24-2)25-17-9-7-14-5-3-4-6-15(14)11-17/h7-13H,3-6H2,1-2H3,(H,22,23)/t13-/m1/s1. The molecular weight excluding hydrogens is 338 g/mol. The summed E-state index contributed by atoms with van der Waals surface area (Å²) >= 11 is 6.00. The lowest BCUT2D eigenvalue weighted by molar-refractivity contribution is -0.122. The number of hydrogen-bond donors (Lipinski definition) is 1. The Morgan fingerprint density at radius 2 is 1.88 bits per heavy atom. The number of fused-ring (bicyclic) bond motifs is 1. The molecule has 0 fully saturated rings. The summed E-state index contributed by atoms with van der Waals surface area (Å²) in [6, 6.07) is 11.2. The number of amides is 1. The molecule has 2 aromatic carbocycles. The lowest BCUT2D eigenvalue weighted by atomic mass is 9.92. The maximum absolute atomic E-state index is 12.5. The van der Waals surface area contributed by atoms with Gasteiger partial charge in [0.15, 0.2) is 6.10 Å². The van der Waals surface area contributed by atoms with Crippen LogP contribution in [0.3, 0.4) is 0 Å². The molecule has 0 radical (unpaired) electrons. The number of ether oxygens (including phenoxy) is 2. The van der Waals surface area contributed by atoms with Crippen LogP contribution in [-0.2, 0) is 17.6 Å². The molecule has 4 nitrogen and oxygen atoms in total. The Kier molecular flexibility index (Phi) is 5.49. The summed E-state index contributed by atoms with van der Waals surface area (Å²) in [5.41, 5.74) is 3.24. The van der Waals surface area contributed by atoms with Crippen LogP contribution in [0.2, 0.25) is 5.02 Å². The van der Waals surface area contributed by atoms with Gasteiger partial charge in [-0.25, -0.2) is 0 Å². The lowest BCUT2D eigenvalue weighted by Crippen LogP contribution is -2.30. The minimum absolute atomic E-state index is 0.252. The molecule has 1 amide bonds. The van der Waals surface area contributed by atoms with Gasteiger partial charge < -0.3 is 14.8 Å². The van der Waals surface area contributed by atoms with Crippen LogP contribution in [0.5, 0.6) is 11.5 Å². The van der Waals surface area contributed by atoms with Gasteiger partial charge in [-0.1, -0.05) is 17.7 Å². The Bertz CT molecular complexity index is 776. The first-order valence-corrected chi connectivity index (χ1v) is 8.87. The molecule has 0 saturated carbocycles. The Labute approximate surface area is 153 Å². The highest BCUT2D eigenvalue weighted by Crippen LogP contribution is 2.29. The normalized spacial score (nSPS) is 14.4. The van der Waals surface area contributed by atoms with Gasteiger partial charge in [0, 0.05) is 5.02 Å². The molecule has 3 rings (SSSR count). The highest BCUT2D eigenvalue weighted by atomic mass is 35.5. The van der Waals surface area contributed by atoms with Crippen LogP contribution in [0.15, 0.2) is 36.4 Å². The van der Waals surface area contributed by atoms with E-state index in [1.54, 1.807) is 32.2 Å². The monoisotopic (exact) mass is 359 g/mol. The minimum atomic E-state index is -0.634. The molecule has 5 heteroatoms. The van der Waals surface area contributed by atoms with E-state index in [1.165, 1.54) is 24.0 Å². The van der Waals surface area contributed by atoms with E-state index in [1.807, 2.05) is 6.07 Å². The van der Waals surface area contributed by atoms with Crippen molar-refractivity contribution in [3.8, 4) is 11.5 Å². The van der Waals surface area contributed by atoms with Gasteiger partial charge in [0.05, 0.1) is 12.8 Å². The van der Waals surface area contributed by atoms with Crippen LogP contribution in [0.25, 0.3) is 0 Å². The van der Waals surface area contributed by atoms with E-state index in [4.69, 9.17) is 21.1 Å². The first kappa shape index (κ1) is 17.6. The van der Waals surface area contributed by atoms with Crippen molar-refractivity contribution in [2.24, 2.45) is 0 Å². The zero-order valence-corrected chi connectivity index (χ0v) is 15.2. The van der Waals surface area contributed by atoms with Gasteiger partial charge in [-0.3, -0.25) is 4.79 Å². The molecule has 0 bridgehead atoms. The molecule has 1 aliphatic rings. The van der Waals surface area contributed by atoms with Crippen molar-refractivity contribution in [3.05, 3.63) is 52.5 Å². The van der Waals surface area contributed by atoms with E-state index in [2.05, 4.69) is 17.4 Å². The summed E-state index contributed by atoms with van der Waals surface area (Å²) < 4.78 is 11.1. The van der Waals surface area contributed by atoms with Gasteiger partial charge >= 0.3 is 0 Å². The summed E-state index contributed by atoms with van der Waals surface area (Å²) in [5.74, 6) is 1.03. The third kappa shape index (κ3) is 4.26. The van der Waals surface area contributed by atoms with Gasteiger partial charge in [-0.2, -0.15) is 0 Å². The predicted molar refractivity (Wildman–Crippen MR) is 99.8 cm³/mol. The SMILES string of the molecule is COc1ccc(Cl)cc1NC(=O)[C@@H](C)Oc1ccc2c(c1)CCCC2. The fourth-order valence-electron chi connectivity index (χ4n) is 3.05. The number of aryl methyl sites for hydroxylation is 2. The third-order valence-corrected chi connectivity index (χ3v) is 4.66. The quantitative estimate of drug-likeness (QED) is 0.846. The van der Waals surface area contributed by atoms with Crippen molar-refractivity contribution in [3.63, 3.8) is 0 Å². The van der Waals surface area contributed by atoms with E-state index in [-0.39, 0.29) is 5.91 Å². The van der Waals surface area contributed by atoms with E-state index in [9.17, 15) is 4.79 Å². The second-order valence-corrected chi connectivity index (χ2v) is 6.67. The Morgan fingerprint density at radius 3 is 2.64 bits per heavy atom. The molecule has 2 aromatic rings. The van der Waals surface area contributed by atoms with Gasteiger partial charge in [0.1, 0.15) is 11.5 Å². The van der Waals surface area contributed by atoms with Crippen LogP contribution in [0.4, 0.5) is 5.69 Å². The van der Waals surface area contributed by atoms with Crippen molar-refractivity contribution in [2.75, 3.05) is 12.4 Å². The Balaban J connectivity index is 1.68. The number of rotatable bonds is 5. The predicted octanol–water partition coefficient (Wildman–Crippen LogP) is 4.63. The molecule has 1 atom stereocenters. The van der Waals surface area contributed by atoms with Gasteiger partial charge in [-0.15, -0.1) is 0 Å². The zero-order valence-electron chi connectivity index (χ0n) is 14.5. The van der Waals surface area contributed by atoms with Gasteiger partial charge in [0.2, 0.25) is 0 Å². The highest BCUT2D eigenvalue weighted by Gasteiger charge is 2.18. The molecule has 1 aliphatic carbocycles. The minimum Gasteiger partial charge on any atom is -0.495 e. The molecule has 25 heavy (non-hydrogen) atoms. The Morgan fingerprint density at radius 1 is 1.12 bits per heavy atom. The number of halogens is 1. The van der Waals surface area contributed by atoms with Crippen molar-refractivity contribution < 1.29 is 14.3 Å². The van der Waals surface area contributed by atoms with Crippen molar-refractivity contribution >= 4 is 23.2 Å². The molecule has 0 spiro atoms. The fourth-order valence-corrected chi connectivity index (χ4v) is 3.23. The van der Waals surface area contributed by atoms with Crippen molar-refractivity contribution in [1.82, 2.24) is 0 Å². The summed E-state index contributed by atoms with van der Waals surface area (Å²) in [5, 5.41) is 3.34. The number of anilines is 1. The number of carbonyl (C=O) groups excluding carboxylic acids is 1. The fraction of sp³-hybridized carbons (Fsp3) is 0.350. The molecule has 1 N–H and O–H groups in total. The smallest absolute Gasteiger partial charge is 0.265 e. The largest absolute Gasteiger partial charge is 0.495 e. The van der Waals surface area contributed by atoms with E-state index in [0.717, 1.165) is 18.6 Å². The van der Waals surface area contributed by atoms with Crippen LogP contribution in [0.1, 0.15) is 30.9 Å². The number of methoxy groups -OCH3 is 1. The molecule has 0 unspecified atom stereocenters. The maximum Gasteiger partial charge on any atom is 0.265 e. The molecular formula is C20H22ClNO3. The molecule has 0 heterocycles. The van der Waals surface area contributed by atoms with Crippen LogP contribution in [-0.4, -0.2) is 19.1 Å². The number of carbonyl (C=O) groups is 1. The van der Waals surface area contributed by atoms with E-state index >= 15 is 0 Å². The molecule has 0 aliphatic heterocycles. The topological polar surface area (TPSA) is 47.6 Å². The van der Waals surface area contributed by atoms with Gasteiger partial charge in [0.25, 0.3) is 5.91 Å². The van der Waals surface area contributed by atoms with Crippen molar-refractivity contribution in [2.45, 2.75) is 38.7 Å².